The Bertz CT molecular complexity index is 377. The van der Waals surface area contributed by atoms with E-state index in [-0.39, 0.29) is 5.91 Å². The summed E-state index contributed by atoms with van der Waals surface area (Å²) in [4.78, 5) is 11.8. The molecule has 3 heteroatoms. The molecule has 0 saturated heterocycles. The van der Waals surface area contributed by atoms with Crippen LogP contribution in [0, 0.1) is 5.92 Å². The van der Waals surface area contributed by atoms with Crippen molar-refractivity contribution in [2.45, 2.75) is 38.3 Å². The van der Waals surface area contributed by atoms with Crippen molar-refractivity contribution in [1.82, 2.24) is 5.32 Å². The van der Waals surface area contributed by atoms with Gasteiger partial charge in [0.15, 0.2) is 0 Å². The van der Waals surface area contributed by atoms with Crippen molar-refractivity contribution >= 4 is 5.91 Å². The third kappa shape index (κ3) is 3.30. The summed E-state index contributed by atoms with van der Waals surface area (Å²) < 4.78 is 0. The number of carbonyl (C=O) groups is 1. The second-order valence-corrected chi connectivity index (χ2v) is 4.82. The van der Waals surface area contributed by atoms with Crippen molar-refractivity contribution in [1.29, 1.82) is 0 Å². The number of hydrogen-bond donors (Lipinski definition) is 2. The third-order valence-electron chi connectivity index (χ3n) is 3.41. The van der Waals surface area contributed by atoms with Crippen molar-refractivity contribution in [2.24, 2.45) is 11.7 Å². The van der Waals surface area contributed by atoms with Gasteiger partial charge in [0.2, 0.25) is 5.91 Å². The Balaban J connectivity index is 1.80. The molecule has 1 amide bonds. The van der Waals surface area contributed by atoms with Crippen LogP contribution in [0.3, 0.4) is 0 Å². The number of nitrogens with one attached hydrogen (secondary N) is 1. The molecule has 1 fully saturated rings. The van der Waals surface area contributed by atoms with Crippen LogP contribution in [-0.2, 0) is 11.2 Å². The Morgan fingerprint density at radius 1 is 1.47 bits per heavy atom. The molecular formula is C14H20N2O. The molecule has 0 bridgehead atoms. The van der Waals surface area contributed by atoms with E-state index in [1.807, 2.05) is 30.3 Å². The zero-order valence-electron chi connectivity index (χ0n) is 10.2. The van der Waals surface area contributed by atoms with E-state index in [9.17, 15) is 4.79 Å². The highest BCUT2D eigenvalue weighted by molar-refractivity contribution is 5.82. The lowest BCUT2D eigenvalue weighted by atomic mass is 10.1. The quantitative estimate of drug-likeness (QED) is 0.807. The summed E-state index contributed by atoms with van der Waals surface area (Å²) in [6.45, 7) is 2.15. The van der Waals surface area contributed by atoms with Gasteiger partial charge in [0.05, 0.1) is 6.04 Å². The van der Waals surface area contributed by atoms with Gasteiger partial charge in [-0.1, -0.05) is 43.7 Å². The lowest BCUT2D eigenvalue weighted by Gasteiger charge is -2.12. The molecule has 0 spiro atoms. The Morgan fingerprint density at radius 2 is 2.18 bits per heavy atom. The standard InChI is InChI=1S/C14H20N2O/c1-2-11-9-13(11)16-14(17)12(15)8-10-6-4-3-5-7-10/h3-7,11-13H,2,8-9,15H2,1H3,(H,16,17)/t11?,12-,13?/m0/s1. The maximum Gasteiger partial charge on any atom is 0.237 e. The number of carbonyl (C=O) groups excluding carboxylic acids is 1. The fourth-order valence-electron chi connectivity index (χ4n) is 2.13. The maximum absolute atomic E-state index is 11.8. The summed E-state index contributed by atoms with van der Waals surface area (Å²) in [5.74, 6) is 0.651. The summed E-state index contributed by atoms with van der Waals surface area (Å²) >= 11 is 0. The number of rotatable bonds is 5. The lowest BCUT2D eigenvalue weighted by Crippen LogP contribution is -2.43. The van der Waals surface area contributed by atoms with E-state index in [4.69, 9.17) is 5.73 Å². The van der Waals surface area contributed by atoms with Gasteiger partial charge in [-0.05, 0) is 24.3 Å². The van der Waals surface area contributed by atoms with Gasteiger partial charge in [0.1, 0.15) is 0 Å². The van der Waals surface area contributed by atoms with Crippen LogP contribution in [-0.4, -0.2) is 18.0 Å². The van der Waals surface area contributed by atoms with Crippen LogP contribution in [0.2, 0.25) is 0 Å². The molecule has 1 aliphatic rings. The number of nitrogens with two attached hydrogens (primary N) is 1. The maximum atomic E-state index is 11.8. The highest BCUT2D eigenvalue weighted by atomic mass is 16.2. The zero-order chi connectivity index (χ0) is 12.3. The fourth-order valence-corrected chi connectivity index (χ4v) is 2.13. The molecular weight excluding hydrogens is 212 g/mol. The van der Waals surface area contributed by atoms with E-state index in [1.54, 1.807) is 0 Å². The summed E-state index contributed by atoms with van der Waals surface area (Å²) in [5, 5.41) is 3.01. The van der Waals surface area contributed by atoms with E-state index in [0.717, 1.165) is 18.4 Å². The van der Waals surface area contributed by atoms with Gasteiger partial charge in [-0.3, -0.25) is 4.79 Å². The number of hydrogen-bond acceptors (Lipinski definition) is 2. The van der Waals surface area contributed by atoms with Crippen LogP contribution in [0.25, 0.3) is 0 Å². The van der Waals surface area contributed by atoms with Crippen LogP contribution in [0.1, 0.15) is 25.3 Å². The summed E-state index contributed by atoms with van der Waals surface area (Å²) in [5.41, 5.74) is 7.01. The minimum Gasteiger partial charge on any atom is -0.352 e. The molecule has 0 radical (unpaired) electrons. The molecule has 92 valence electrons. The Morgan fingerprint density at radius 3 is 2.76 bits per heavy atom. The van der Waals surface area contributed by atoms with Crippen molar-refractivity contribution < 1.29 is 4.79 Å². The van der Waals surface area contributed by atoms with Crippen LogP contribution in [0.5, 0.6) is 0 Å². The molecule has 2 rings (SSSR count). The van der Waals surface area contributed by atoms with Gasteiger partial charge < -0.3 is 11.1 Å². The molecule has 0 aromatic heterocycles. The Hall–Kier alpha value is -1.35. The molecule has 1 aromatic carbocycles. The average Bonchev–Trinajstić information content (AvgIpc) is 3.08. The van der Waals surface area contributed by atoms with E-state index >= 15 is 0 Å². The van der Waals surface area contributed by atoms with Crippen molar-refractivity contribution in [3.63, 3.8) is 0 Å². The summed E-state index contributed by atoms with van der Waals surface area (Å²) in [7, 11) is 0. The van der Waals surface area contributed by atoms with Crippen LogP contribution >= 0.6 is 0 Å². The Labute approximate surface area is 102 Å². The minimum atomic E-state index is -0.435. The molecule has 3 N–H and O–H groups in total. The number of benzene rings is 1. The molecule has 2 unspecified atom stereocenters. The third-order valence-corrected chi connectivity index (χ3v) is 3.41. The van der Waals surface area contributed by atoms with Gasteiger partial charge in [0, 0.05) is 6.04 Å². The van der Waals surface area contributed by atoms with Crippen LogP contribution in [0.4, 0.5) is 0 Å². The highest BCUT2D eigenvalue weighted by Crippen LogP contribution is 2.33. The normalized spacial score (nSPS) is 24.1. The summed E-state index contributed by atoms with van der Waals surface area (Å²) in [6, 6.07) is 9.83. The molecule has 3 atom stereocenters. The van der Waals surface area contributed by atoms with E-state index in [1.165, 1.54) is 0 Å². The molecule has 1 aromatic rings. The topological polar surface area (TPSA) is 55.1 Å². The predicted molar refractivity (Wildman–Crippen MR) is 68.5 cm³/mol. The fraction of sp³-hybridized carbons (Fsp3) is 0.500. The van der Waals surface area contributed by atoms with Crippen LogP contribution < -0.4 is 11.1 Å². The largest absolute Gasteiger partial charge is 0.352 e. The van der Waals surface area contributed by atoms with E-state index < -0.39 is 6.04 Å². The monoisotopic (exact) mass is 232 g/mol. The number of amides is 1. The lowest BCUT2D eigenvalue weighted by molar-refractivity contribution is -0.122. The van der Waals surface area contributed by atoms with Gasteiger partial charge in [-0.25, -0.2) is 0 Å². The SMILES string of the molecule is CCC1CC1NC(=O)[C@@H](N)Cc1ccccc1. The van der Waals surface area contributed by atoms with Crippen molar-refractivity contribution in [3.05, 3.63) is 35.9 Å². The van der Waals surface area contributed by atoms with Crippen molar-refractivity contribution in [3.8, 4) is 0 Å². The first-order chi connectivity index (χ1) is 8.20. The molecule has 1 saturated carbocycles. The van der Waals surface area contributed by atoms with E-state index in [0.29, 0.717) is 18.4 Å². The minimum absolute atomic E-state index is 0.0187. The second kappa shape index (κ2) is 5.32. The smallest absolute Gasteiger partial charge is 0.237 e. The van der Waals surface area contributed by atoms with Crippen molar-refractivity contribution in [2.75, 3.05) is 0 Å². The molecule has 17 heavy (non-hydrogen) atoms. The molecule has 0 aliphatic heterocycles. The van der Waals surface area contributed by atoms with Gasteiger partial charge in [-0.15, -0.1) is 0 Å². The summed E-state index contributed by atoms with van der Waals surface area (Å²) in [6.07, 6.45) is 2.86. The van der Waals surface area contributed by atoms with Gasteiger partial charge in [-0.2, -0.15) is 0 Å². The predicted octanol–water partition coefficient (Wildman–Crippen LogP) is 1.47. The van der Waals surface area contributed by atoms with Gasteiger partial charge in [0.25, 0.3) is 0 Å². The Kier molecular flexibility index (Phi) is 3.79. The second-order valence-electron chi connectivity index (χ2n) is 4.82. The first-order valence-electron chi connectivity index (χ1n) is 6.30. The molecule has 0 heterocycles. The first kappa shape index (κ1) is 12.1. The van der Waals surface area contributed by atoms with Crippen LogP contribution in [0.15, 0.2) is 30.3 Å². The highest BCUT2D eigenvalue weighted by Gasteiger charge is 2.37. The van der Waals surface area contributed by atoms with Gasteiger partial charge >= 0.3 is 0 Å². The van der Waals surface area contributed by atoms with E-state index in [2.05, 4.69) is 12.2 Å². The first-order valence-corrected chi connectivity index (χ1v) is 6.30. The molecule has 1 aliphatic carbocycles. The molecule has 3 nitrogen and oxygen atoms in total. The average molecular weight is 232 g/mol. The zero-order valence-corrected chi connectivity index (χ0v) is 10.2.